The van der Waals surface area contributed by atoms with Crippen LogP contribution in [-0.4, -0.2) is 52.1 Å². The van der Waals surface area contributed by atoms with Crippen LogP contribution in [0.25, 0.3) is 0 Å². The Morgan fingerprint density at radius 2 is 1.38 bits per heavy atom. The first kappa shape index (κ1) is 25.3. The van der Waals surface area contributed by atoms with Gasteiger partial charge in [0.25, 0.3) is 0 Å². The van der Waals surface area contributed by atoms with Crippen molar-refractivity contribution in [3.05, 3.63) is 0 Å². The molecule has 5 heteroatoms. The molecule has 0 aromatic heterocycles. The van der Waals surface area contributed by atoms with Crippen LogP contribution in [0.2, 0.25) is 0 Å². The molecule has 0 aliphatic rings. The maximum absolute atomic E-state index is 11.3. The Kier molecular flexibility index (Phi) is 33.3. The smallest absolute Gasteiger partial charge is 0.222 e. The molecule has 0 aromatic rings. The summed E-state index contributed by atoms with van der Waals surface area (Å²) in [5, 5.41) is 2.77. The molecular formula is C16H37NO4. The molecule has 0 atom stereocenters. The van der Waals surface area contributed by atoms with Crippen LogP contribution in [0.4, 0.5) is 0 Å². The van der Waals surface area contributed by atoms with E-state index in [0.29, 0.717) is 52.6 Å². The largest absolute Gasteiger partial charge is 0.381 e. The second-order valence-corrected chi connectivity index (χ2v) is 3.52. The normalized spacial score (nSPS) is 9.05. The summed E-state index contributed by atoms with van der Waals surface area (Å²) in [7, 11) is 0. The lowest BCUT2D eigenvalue weighted by molar-refractivity contribution is -0.122. The first-order chi connectivity index (χ1) is 10.3. The molecule has 0 aliphatic heterocycles. The average molecular weight is 307 g/mol. The SMILES string of the molecule is CC.CC.CCCOCCC(=O)NCCOCCOCC. The molecule has 0 aromatic carbocycles. The van der Waals surface area contributed by atoms with Gasteiger partial charge in [-0.15, -0.1) is 0 Å². The van der Waals surface area contributed by atoms with Gasteiger partial charge in [0, 0.05) is 26.2 Å². The van der Waals surface area contributed by atoms with Crippen LogP contribution in [0.1, 0.15) is 54.4 Å². The highest BCUT2D eigenvalue weighted by atomic mass is 16.5. The van der Waals surface area contributed by atoms with Crippen LogP contribution < -0.4 is 5.32 Å². The van der Waals surface area contributed by atoms with Crippen molar-refractivity contribution >= 4 is 5.91 Å². The Bertz CT molecular complexity index is 178. The third kappa shape index (κ3) is 28.3. The number of hydrogen-bond acceptors (Lipinski definition) is 4. The van der Waals surface area contributed by atoms with Crippen LogP contribution in [0.15, 0.2) is 0 Å². The lowest BCUT2D eigenvalue weighted by atomic mass is 10.4. The zero-order chi connectivity index (χ0) is 16.8. The van der Waals surface area contributed by atoms with Gasteiger partial charge in [0.2, 0.25) is 5.91 Å². The van der Waals surface area contributed by atoms with Gasteiger partial charge in [-0.25, -0.2) is 0 Å². The fraction of sp³-hybridized carbons (Fsp3) is 0.938. The number of rotatable bonds is 12. The van der Waals surface area contributed by atoms with Crippen LogP contribution >= 0.6 is 0 Å². The van der Waals surface area contributed by atoms with Gasteiger partial charge in [-0.3, -0.25) is 4.79 Å². The zero-order valence-electron chi connectivity index (χ0n) is 15.0. The molecule has 5 nitrogen and oxygen atoms in total. The summed E-state index contributed by atoms with van der Waals surface area (Å²) in [4.78, 5) is 11.3. The molecule has 0 saturated heterocycles. The summed E-state index contributed by atoms with van der Waals surface area (Å²) in [6.07, 6.45) is 1.40. The van der Waals surface area contributed by atoms with Crippen molar-refractivity contribution in [2.75, 3.05) is 46.2 Å². The Balaban J connectivity index is -0.000000739. The standard InChI is InChI=1S/C12H25NO4.2C2H6/c1-3-7-16-8-5-12(14)13-6-9-17-11-10-15-4-2;2*1-2/h3-11H2,1-2H3,(H,13,14);2*1-2H3. The number of ether oxygens (including phenoxy) is 3. The first-order valence-corrected chi connectivity index (χ1v) is 8.31. The summed E-state index contributed by atoms with van der Waals surface area (Å²) in [6, 6.07) is 0. The molecule has 0 spiro atoms. The Morgan fingerprint density at radius 3 is 1.95 bits per heavy atom. The fourth-order valence-corrected chi connectivity index (χ4v) is 1.13. The molecule has 0 aliphatic carbocycles. The van der Waals surface area contributed by atoms with E-state index in [0.717, 1.165) is 6.42 Å². The minimum absolute atomic E-state index is 0.00881. The predicted molar refractivity (Wildman–Crippen MR) is 88.7 cm³/mol. The molecule has 0 rings (SSSR count). The van der Waals surface area contributed by atoms with E-state index in [-0.39, 0.29) is 5.91 Å². The van der Waals surface area contributed by atoms with Gasteiger partial charge < -0.3 is 19.5 Å². The summed E-state index contributed by atoms with van der Waals surface area (Å²) in [5.41, 5.74) is 0. The highest BCUT2D eigenvalue weighted by Crippen LogP contribution is 1.85. The fourth-order valence-electron chi connectivity index (χ4n) is 1.13. The Hall–Kier alpha value is -0.650. The minimum atomic E-state index is 0.00881. The minimum Gasteiger partial charge on any atom is -0.381 e. The molecule has 0 radical (unpaired) electrons. The maximum Gasteiger partial charge on any atom is 0.222 e. The average Bonchev–Trinajstić information content (AvgIpc) is 2.54. The molecule has 0 unspecified atom stereocenters. The molecule has 130 valence electrons. The van der Waals surface area contributed by atoms with Crippen LogP contribution in [0.3, 0.4) is 0 Å². The van der Waals surface area contributed by atoms with Crippen molar-refractivity contribution in [1.82, 2.24) is 5.32 Å². The van der Waals surface area contributed by atoms with Crippen LogP contribution in [0.5, 0.6) is 0 Å². The van der Waals surface area contributed by atoms with E-state index >= 15 is 0 Å². The second kappa shape index (κ2) is 27.7. The predicted octanol–water partition coefficient (Wildman–Crippen LogP) is 3.02. The lowest BCUT2D eigenvalue weighted by Gasteiger charge is -2.06. The van der Waals surface area contributed by atoms with Crippen molar-refractivity contribution in [1.29, 1.82) is 0 Å². The van der Waals surface area contributed by atoms with Gasteiger partial charge in [0.1, 0.15) is 0 Å². The van der Waals surface area contributed by atoms with Crippen molar-refractivity contribution in [3.63, 3.8) is 0 Å². The number of amides is 1. The van der Waals surface area contributed by atoms with E-state index in [1.807, 2.05) is 41.5 Å². The van der Waals surface area contributed by atoms with Crippen LogP contribution in [0, 0.1) is 0 Å². The third-order valence-corrected chi connectivity index (χ3v) is 1.97. The quantitative estimate of drug-likeness (QED) is 0.563. The monoisotopic (exact) mass is 307 g/mol. The zero-order valence-corrected chi connectivity index (χ0v) is 15.0. The molecule has 0 heterocycles. The van der Waals surface area contributed by atoms with E-state index in [1.54, 1.807) is 0 Å². The highest BCUT2D eigenvalue weighted by molar-refractivity contribution is 5.75. The van der Waals surface area contributed by atoms with Crippen LogP contribution in [-0.2, 0) is 19.0 Å². The van der Waals surface area contributed by atoms with Crippen molar-refractivity contribution < 1.29 is 19.0 Å². The van der Waals surface area contributed by atoms with Crippen molar-refractivity contribution in [2.24, 2.45) is 0 Å². The summed E-state index contributed by atoms with van der Waals surface area (Å²) < 4.78 is 15.6. The van der Waals surface area contributed by atoms with E-state index in [2.05, 4.69) is 5.32 Å². The van der Waals surface area contributed by atoms with Gasteiger partial charge in [0.05, 0.1) is 26.4 Å². The molecular weight excluding hydrogens is 270 g/mol. The summed E-state index contributed by atoms with van der Waals surface area (Å²) >= 11 is 0. The number of carbonyl (C=O) groups excluding carboxylic acids is 1. The summed E-state index contributed by atoms with van der Waals surface area (Å²) in [6.45, 7) is 16.1. The van der Waals surface area contributed by atoms with Gasteiger partial charge in [-0.1, -0.05) is 34.6 Å². The Morgan fingerprint density at radius 1 is 0.810 bits per heavy atom. The molecule has 0 saturated carbocycles. The molecule has 1 N–H and O–H groups in total. The summed E-state index contributed by atoms with van der Waals surface area (Å²) in [5.74, 6) is 0.00881. The molecule has 21 heavy (non-hydrogen) atoms. The third-order valence-electron chi connectivity index (χ3n) is 1.97. The second-order valence-electron chi connectivity index (χ2n) is 3.52. The molecule has 0 fully saturated rings. The van der Waals surface area contributed by atoms with Gasteiger partial charge in [-0.2, -0.15) is 0 Å². The number of carbonyl (C=O) groups is 1. The van der Waals surface area contributed by atoms with Gasteiger partial charge in [0.15, 0.2) is 0 Å². The van der Waals surface area contributed by atoms with Gasteiger partial charge in [-0.05, 0) is 13.3 Å². The molecule has 0 bridgehead atoms. The first-order valence-electron chi connectivity index (χ1n) is 8.31. The lowest BCUT2D eigenvalue weighted by Crippen LogP contribution is -2.28. The maximum atomic E-state index is 11.3. The number of nitrogens with one attached hydrogen (secondary N) is 1. The molecule has 1 amide bonds. The number of hydrogen-bond donors (Lipinski definition) is 1. The highest BCUT2D eigenvalue weighted by Gasteiger charge is 1.99. The topological polar surface area (TPSA) is 56.8 Å². The Labute approximate surface area is 131 Å². The van der Waals surface area contributed by atoms with Gasteiger partial charge >= 0.3 is 0 Å². The van der Waals surface area contributed by atoms with E-state index < -0.39 is 0 Å². The van der Waals surface area contributed by atoms with E-state index in [1.165, 1.54) is 0 Å². The van der Waals surface area contributed by atoms with E-state index in [4.69, 9.17) is 14.2 Å². The van der Waals surface area contributed by atoms with E-state index in [9.17, 15) is 4.79 Å². The van der Waals surface area contributed by atoms with Crippen molar-refractivity contribution in [2.45, 2.75) is 54.4 Å². The van der Waals surface area contributed by atoms with Crippen molar-refractivity contribution in [3.8, 4) is 0 Å².